The lowest BCUT2D eigenvalue weighted by atomic mass is 10.3. The molecule has 2 fully saturated rings. The first-order valence-electron chi connectivity index (χ1n) is 7.15. The van der Waals surface area contributed by atoms with Crippen LogP contribution in [-0.2, 0) is 4.74 Å². The van der Waals surface area contributed by atoms with E-state index in [0.717, 1.165) is 26.2 Å². The van der Waals surface area contributed by atoms with Crippen LogP contribution < -0.4 is 15.1 Å². The van der Waals surface area contributed by atoms with Crippen LogP contribution in [0, 0.1) is 0 Å². The summed E-state index contributed by atoms with van der Waals surface area (Å²) in [6.45, 7) is 5.98. The van der Waals surface area contributed by atoms with Gasteiger partial charge in [-0.3, -0.25) is 0 Å². The van der Waals surface area contributed by atoms with Gasteiger partial charge in [-0.25, -0.2) is 9.78 Å². The summed E-state index contributed by atoms with van der Waals surface area (Å²) in [6, 6.07) is 1.55. The predicted octanol–water partition coefficient (Wildman–Crippen LogP) is -0.579. The Morgan fingerprint density at radius 1 is 1.14 bits per heavy atom. The number of carbonyl (C=O) groups is 1. The number of nitrogens with zero attached hydrogens (tertiary/aromatic N) is 4. The van der Waals surface area contributed by atoms with Crippen molar-refractivity contribution >= 4 is 17.7 Å². The van der Waals surface area contributed by atoms with Gasteiger partial charge >= 0.3 is 5.97 Å². The summed E-state index contributed by atoms with van der Waals surface area (Å²) in [4.78, 5) is 24.1. The summed E-state index contributed by atoms with van der Waals surface area (Å²) < 4.78 is 5.31. The minimum absolute atomic E-state index is 0.0417. The van der Waals surface area contributed by atoms with Crippen LogP contribution in [0.1, 0.15) is 10.5 Å². The number of anilines is 2. The van der Waals surface area contributed by atoms with Crippen molar-refractivity contribution in [2.24, 2.45) is 0 Å². The Labute approximate surface area is 122 Å². The fourth-order valence-electron chi connectivity index (χ4n) is 2.49. The maximum absolute atomic E-state index is 11.3. The number of rotatable bonds is 3. The van der Waals surface area contributed by atoms with Crippen molar-refractivity contribution in [3.63, 3.8) is 0 Å². The normalized spacial score (nSPS) is 19.6. The number of hydrogen-bond donors (Lipinski definition) is 2. The summed E-state index contributed by atoms with van der Waals surface area (Å²) in [7, 11) is 0. The molecule has 2 aliphatic rings. The molecular formula is C13H19N5O3. The van der Waals surface area contributed by atoms with E-state index in [-0.39, 0.29) is 5.69 Å². The van der Waals surface area contributed by atoms with Crippen molar-refractivity contribution in [1.29, 1.82) is 0 Å². The van der Waals surface area contributed by atoms with Crippen LogP contribution in [0.15, 0.2) is 6.07 Å². The summed E-state index contributed by atoms with van der Waals surface area (Å²) in [5, 5.41) is 12.5. The average molecular weight is 293 g/mol. The number of carboxylic acids is 1. The zero-order valence-corrected chi connectivity index (χ0v) is 11.8. The average Bonchev–Trinajstić information content (AvgIpc) is 2.56. The second kappa shape index (κ2) is 6.23. The second-order valence-corrected chi connectivity index (χ2v) is 5.05. The molecule has 2 saturated heterocycles. The first-order chi connectivity index (χ1) is 10.2. The summed E-state index contributed by atoms with van der Waals surface area (Å²) >= 11 is 0. The van der Waals surface area contributed by atoms with E-state index < -0.39 is 5.97 Å². The van der Waals surface area contributed by atoms with Gasteiger partial charge in [-0.2, -0.15) is 4.98 Å². The van der Waals surface area contributed by atoms with Crippen LogP contribution in [0.5, 0.6) is 0 Å². The molecule has 3 rings (SSSR count). The van der Waals surface area contributed by atoms with Gasteiger partial charge in [0, 0.05) is 45.3 Å². The number of ether oxygens (including phenoxy) is 1. The molecule has 0 unspecified atom stereocenters. The molecule has 21 heavy (non-hydrogen) atoms. The van der Waals surface area contributed by atoms with E-state index in [2.05, 4.69) is 20.2 Å². The Bertz CT molecular complexity index is 476. The standard InChI is InChI=1S/C13H19N5O3/c19-12(20)10-9-11(17-3-1-14-2-4-17)16-13(15-10)18-5-7-21-8-6-18/h9,14H,1-8H2,(H,19,20). The molecule has 2 aliphatic heterocycles. The molecule has 8 nitrogen and oxygen atoms in total. The number of morpholine rings is 1. The van der Waals surface area contributed by atoms with Gasteiger partial charge in [0.1, 0.15) is 5.82 Å². The highest BCUT2D eigenvalue weighted by atomic mass is 16.5. The highest BCUT2D eigenvalue weighted by molar-refractivity contribution is 5.86. The number of nitrogens with one attached hydrogen (secondary N) is 1. The molecule has 1 aromatic rings. The molecule has 2 N–H and O–H groups in total. The van der Waals surface area contributed by atoms with Gasteiger partial charge in [0.15, 0.2) is 5.69 Å². The fourth-order valence-corrected chi connectivity index (χ4v) is 2.49. The molecule has 8 heteroatoms. The largest absolute Gasteiger partial charge is 0.477 e. The Hall–Kier alpha value is -1.93. The molecule has 114 valence electrons. The monoisotopic (exact) mass is 293 g/mol. The number of aromatic nitrogens is 2. The van der Waals surface area contributed by atoms with Crippen LogP contribution >= 0.6 is 0 Å². The third-order valence-corrected chi connectivity index (χ3v) is 3.65. The van der Waals surface area contributed by atoms with Gasteiger partial charge in [0.25, 0.3) is 0 Å². The van der Waals surface area contributed by atoms with Crippen molar-refractivity contribution in [3.8, 4) is 0 Å². The molecule has 0 atom stereocenters. The minimum atomic E-state index is -1.02. The zero-order chi connectivity index (χ0) is 14.7. The van der Waals surface area contributed by atoms with E-state index >= 15 is 0 Å². The number of carboxylic acid groups (broad SMARTS) is 1. The lowest BCUT2D eigenvalue weighted by molar-refractivity contribution is 0.0690. The maximum atomic E-state index is 11.3. The van der Waals surface area contributed by atoms with Crippen LogP contribution in [0.4, 0.5) is 11.8 Å². The van der Waals surface area contributed by atoms with E-state index in [0.29, 0.717) is 38.1 Å². The molecule has 0 aromatic carbocycles. The molecule has 0 radical (unpaired) electrons. The third-order valence-electron chi connectivity index (χ3n) is 3.65. The van der Waals surface area contributed by atoms with E-state index in [1.165, 1.54) is 0 Å². The van der Waals surface area contributed by atoms with Gasteiger partial charge in [-0.15, -0.1) is 0 Å². The SMILES string of the molecule is O=C(O)c1cc(N2CCNCC2)nc(N2CCOCC2)n1. The Kier molecular flexibility index (Phi) is 4.16. The number of hydrogen-bond acceptors (Lipinski definition) is 7. The number of aromatic carboxylic acids is 1. The summed E-state index contributed by atoms with van der Waals surface area (Å²) in [5.41, 5.74) is 0.0417. The number of piperazine rings is 1. The van der Waals surface area contributed by atoms with Gasteiger partial charge in [-0.05, 0) is 0 Å². The molecule has 0 saturated carbocycles. The van der Waals surface area contributed by atoms with Crippen LogP contribution in [-0.4, -0.2) is 73.5 Å². The predicted molar refractivity (Wildman–Crippen MR) is 77.1 cm³/mol. The smallest absolute Gasteiger partial charge is 0.354 e. The van der Waals surface area contributed by atoms with Crippen molar-refractivity contribution in [2.75, 3.05) is 62.3 Å². The highest BCUT2D eigenvalue weighted by Gasteiger charge is 2.20. The first kappa shape index (κ1) is 14.0. The van der Waals surface area contributed by atoms with Crippen molar-refractivity contribution in [1.82, 2.24) is 15.3 Å². The van der Waals surface area contributed by atoms with Crippen LogP contribution in [0.3, 0.4) is 0 Å². The minimum Gasteiger partial charge on any atom is -0.477 e. The summed E-state index contributed by atoms with van der Waals surface area (Å²) in [6.07, 6.45) is 0. The molecule has 0 aliphatic carbocycles. The zero-order valence-electron chi connectivity index (χ0n) is 11.8. The van der Waals surface area contributed by atoms with Gasteiger partial charge in [0.2, 0.25) is 5.95 Å². The van der Waals surface area contributed by atoms with E-state index in [4.69, 9.17) is 4.74 Å². The van der Waals surface area contributed by atoms with E-state index in [9.17, 15) is 9.90 Å². The van der Waals surface area contributed by atoms with Gasteiger partial charge in [-0.1, -0.05) is 0 Å². The van der Waals surface area contributed by atoms with Crippen molar-refractivity contribution in [2.45, 2.75) is 0 Å². The molecule has 0 amide bonds. The topological polar surface area (TPSA) is 90.8 Å². The molecule has 0 spiro atoms. The summed E-state index contributed by atoms with van der Waals surface area (Å²) in [5.74, 6) is 0.139. The second-order valence-electron chi connectivity index (χ2n) is 5.05. The van der Waals surface area contributed by atoms with E-state index in [1.807, 2.05) is 4.90 Å². The lowest BCUT2D eigenvalue weighted by Crippen LogP contribution is -2.44. The lowest BCUT2D eigenvalue weighted by Gasteiger charge is -2.31. The van der Waals surface area contributed by atoms with E-state index in [1.54, 1.807) is 6.07 Å². The van der Waals surface area contributed by atoms with Crippen molar-refractivity contribution < 1.29 is 14.6 Å². The fraction of sp³-hybridized carbons (Fsp3) is 0.615. The molecular weight excluding hydrogens is 274 g/mol. The first-order valence-corrected chi connectivity index (χ1v) is 7.15. The van der Waals surface area contributed by atoms with Crippen LogP contribution in [0.25, 0.3) is 0 Å². The van der Waals surface area contributed by atoms with Gasteiger partial charge in [0.05, 0.1) is 13.2 Å². The van der Waals surface area contributed by atoms with Gasteiger partial charge < -0.3 is 25.0 Å². The quantitative estimate of drug-likeness (QED) is 0.765. The maximum Gasteiger partial charge on any atom is 0.354 e. The molecule has 1 aromatic heterocycles. The third kappa shape index (κ3) is 3.22. The highest BCUT2D eigenvalue weighted by Crippen LogP contribution is 2.19. The Morgan fingerprint density at radius 3 is 2.52 bits per heavy atom. The molecule has 0 bridgehead atoms. The van der Waals surface area contributed by atoms with Crippen LogP contribution in [0.2, 0.25) is 0 Å². The van der Waals surface area contributed by atoms with Crippen molar-refractivity contribution in [3.05, 3.63) is 11.8 Å². The molecule has 3 heterocycles. The Balaban J connectivity index is 1.91. The Morgan fingerprint density at radius 2 is 1.86 bits per heavy atom.